The molecule has 0 aliphatic heterocycles. The van der Waals surface area contributed by atoms with E-state index in [1.54, 1.807) is 19.1 Å². The van der Waals surface area contributed by atoms with E-state index in [0.717, 1.165) is 11.3 Å². The standard InChI is InChI=1S/C18H16FN3OS/c1-13(23)11-12-24-18-21-20-17(14-5-3-2-4-6-14)22(18)16-9-7-15(19)8-10-16/h2-10H,11-12H2,1H3. The van der Waals surface area contributed by atoms with Crippen LogP contribution in [0.25, 0.3) is 17.1 Å². The first kappa shape index (κ1) is 16.4. The summed E-state index contributed by atoms with van der Waals surface area (Å²) in [5, 5.41) is 9.24. The first-order valence-electron chi connectivity index (χ1n) is 7.54. The van der Waals surface area contributed by atoms with Crippen molar-refractivity contribution in [3.8, 4) is 17.1 Å². The molecule has 0 spiro atoms. The highest BCUT2D eigenvalue weighted by Gasteiger charge is 2.16. The van der Waals surface area contributed by atoms with Crippen LogP contribution < -0.4 is 0 Å². The predicted molar refractivity (Wildman–Crippen MR) is 92.8 cm³/mol. The van der Waals surface area contributed by atoms with E-state index < -0.39 is 0 Å². The van der Waals surface area contributed by atoms with Crippen LogP contribution in [0.15, 0.2) is 59.8 Å². The molecule has 0 fully saturated rings. The maximum absolute atomic E-state index is 13.3. The van der Waals surface area contributed by atoms with Crippen LogP contribution in [0.2, 0.25) is 0 Å². The molecule has 0 saturated carbocycles. The number of Topliss-reactive ketones (excluding diaryl/α,β-unsaturated/α-hetero) is 1. The summed E-state index contributed by atoms with van der Waals surface area (Å²) in [6, 6.07) is 15.9. The van der Waals surface area contributed by atoms with Gasteiger partial charge in [0.15, 0.2) is 11.0 Å². The molecular formula is C18H16FN3OS. The molecule has 0 saturated heterocycles. The zero-order valence-electron chi connectivity index (χ0n) is 13.1. The highest BCUT2D eigenvalue weighted by atomic mass is 32.2. The van der Waals surface area contributed by atoms with Gasteiger partial charge < -0.3 is 0 Å². The van der Waals surface area contributed by atoms with E-state index in [2.05, 4.69) is 10.2 Å². The summed E-state index contributed by atoms with van der Waals surface area (Å²) in [4.78, 5) is 11.2. The summed E-state index contributed by atoms with van der Waals surface area (Å²) < 4.78 is 15.1. The number of benzene rings is 2. The number of hydrogen-bond donors (Lipinski definition) is 0. The molecule has 24 heavy (non-hydrogen) atoms. The van der Waals surface area contributed by atoms with Crippen molar-refractivity contribution in [3.05, 3.63) is 60.4 Å². The molecular weight excluding hydrogens is 325 g/mol. The van der Waals surface area contributed by atoms with Crippen molar-refractivity contribution >= 4 is 17.5 Å². The van der Waals surface area contributed by atoms with Crippen LogP contribution in [-0.4, -0.2) is 26.3 Å². The topological polar surface area (TPSA) is 47.8 Å². The molecule has 2 aromatic carbocycles. The first-order valence-corrected chi connectivity index (χ1v) is 8.53. The molecule has 0 aliphatic carbocycles. The lowest BCUT2D eigenvalue weighted by molar-refractivity contribution is -0.116. The number of carbonyl (C=O) groups excluding carboxylic acids is 1. The first-order chi connectivity index (χ1) is 11.6. The lowest BCUT2D eigenvalue weighted by atomic mass is 10.2. The lowest BCUT2D eigenvalue weighted by Crippen LogP contribution is -2.01. The van der Waals surface area contributed by atoms with Crippen LogP contribution in [0.5, 0.6) is 0 Å². The summed E-state index contributed by atoms with van der Waals surface area (Å²) in [7, 11) is 0. The van der Waals surface area contributed by atoms with Gasteiger partial charge in [0.2, 0.25) is 0 Å². The molecule has 4 nitrogen and oxygen atoms in total. The van der Waals surface area contributed by atoms with Crippen molar-refractivity contribution in [1.29, 1.82) is 0 Å². The minimum absolute atomic E-state index is 0.138. The van der Waals surface area contributed by atoms with Crippen molar-refractivity contribution in [2.45, 2.75) is 18.5 Å². The molecule has 0 atom stereocenters. The Bertz CT molecular complexity index is 831. The van der Waals surface area contributed by atoms with Gasteiger partial charge in [-0.2, -0.15) is 0 Å². The molecule has 0 aliphatic rings. The monoisotopic (exact) mass is 341 g/mol. The molecule has 6 heteroatoms. The van der Waals surface area contributed by atoms with E-state index in [4.69, 9.17) is 0 Å². The Morgan fingerprint density at radius 1 is 1.08 bits per heavy atom. The number of ketones is 1. The SMILES string of the molecule is CC(=O)CCSc1nnc(-c2ccccc2)n1-c1ccc(F)cc1. The third kappa shape index (κ3) is 3.71. The zero-order chi connectivity index (χ0) is 16.9. The van der Waals surface area contributed by atoms with E-state index in [1.807, 2.05) is 34.9 Å². The highest BCUT2D eigenvalue weighted by Crippen LogP contribution is 2.28. The second-order valence-electron chi connectivity index (χ2n) is 5.28. The maximum Gasteiger partial charge on any atom is 0.196 e. The average molecular weight is 341 g/mol. The minimum atomic E-state index is -0.293. The number of carbonyl (C=O) groups is 1. The largest absolute Gasteiger partial charge is 0.300 e. The Balaban J connectivity index is 2.02. The molecule has 0 radical (unpaired) electrons. The predicted octanol–water partition coefficient (Wildman–Crippen LogP) is 4.14. The smallest absolute Gasteiger partial charge is 0.196 e. The third-order valence-corrected chi connectivity index (χ3v) is 4.37. The summed E-state index contributed by atoms with van der Waals surface area (Å²) in [6.45, 7) is 1.57. The number of nitrogens with zero attached hydrogens (tertiary/aromatic N) is 3. The van der Waals surface area contributed by atoms with Crippen LogP contribution in [0.4, 0.5) is 4.39 Å². The summed E-state index contributed by atoms with van der Waals surface area (Å²) >= 11 is 1.46. The summed E-state index contributed by atoms with van der Waals surface area (Å²) in [5.74, 6) is 1.16. The Morgan fingerprint density at radius 2 is 1.79 bits per heavy atom. The van der Waals surface area contributed by atoms with Gasteiger partial charge in [-0.1, -0.05) is 42.1 Å². The fraction of sp³-hybridized carbons (Fsp3) is 0.167. The van der Waals surface area contributed by atoms with Gasteiger partial charge in [-0.25, -0.2) is 4.39 Å². The normalized spacial score (nSPS) is 10.8. The molecule has 1 heterocycles. The third-order valence-electron chi connectivity index (χ3n) is 3.44. The van der Waals surface area contributed by atoms with Gasteiger partial charge >= 0.3 is 0 Å². The quantitative estimate of drug-likeness (QED) is 0.632. The molecule has 3 aromatic rings. The van der Waals surface area contributed by atoms with Crippen molar-refractivity contribution in [2.24, 2.45) is 0 Å². The minimum Gasteiger partial charge on any atom is -0.300 e. The average Bonchev–Trinajstić information content (AvgIpc) is 3.00. The van der Waals surface area contributed by atoms with Crippen LogP contribution >= 0.6 is 11.8 Å². The van der Waals surface area contributed by atoms with Gasteiger partial charge in [0.1, 0.15) is 11.6 Å². The second-order valence-corrected chi connectivity index (χ2v) is 6.35. The van der Waals surface area contributed by atoms with E-state index >= 15 is 0 Å². The Kier molecular flexibility index (Phi) is 5.05. The molecule has 0 amide bonds. The molecule has 0 N–H and O–H groups in total. The van der Waals surface area contributed by atoms with Crippen molar-refractivity contribution in [1.82, 2.24) is 14.8 Å². The van der Waals surface area contributed by atoms with Gasteiger partial charge in [-0.3, -0.25) is 9.36 Å². The van der Waals surface area contributed by atoms with Crippen LogP contribution in [0.1, 0.15) is 13.3 Å². The Labute approximate surface area is 143 Å². The second kappa shape index (κ2) is 7.40. The van der Waals surface area contributed by atoms with Crippen molar-refractivity contribution < 1.29 is 9.18 Å². The maximum atomic E-state index is 13.3. The summed E-state index contributed by atoms with van der Waals surface area (Å²) in [6.07, 6.45) is 0.474. The molecule has 122 valence electrons. The number of aromatic nitrogens is 3. The Morgan fingerprint density at radius 3 is 2.46 bits per heavy atom. The Hall–Kier alpha value is -2.47. The molecule has 0 bridgehead atoms. The van der Waals surface area contributed by atoms with Gasteiger partial charge in [0.25, 0.3) is 0 Å². The van der Waals surface area contributed by atoms with Crippen LogP contribution in [-0.2, 0) is 4.79 Å². The number of thioether (sulfide) groups is 1. The highest BCUT2D eigenvalue weighted by molar-refractivity contribution is 7.99. The van der Waals surface area contributed by atoms with Crippen molar-refractivity contribution in [3.63, 3.8) is 0 Å². The van der Waals surface area contributed by atoms with E-state index in [9.17, 15) is 9.18 Å². The number of hydrogen-bond acceptors (Lipinski definition) is 4. The van der Waals surface area contributed by atoms with Crippen LogP contribution in [0.3, 0.4) is 0 Å². The summed E-state index contributed by atoms with van der Waals surface area (Å²) in [5.41, 5.74) is 1.71. The van der Waals surface area contributed by atoms with Gasteiger partial charge in [0.05, 0.1) is 0 Å². The molecule has 1 aromatic heterocycles. The van der Waals surface area contributed by atoms with Gasteiger partial charge in [0, 0.05) is 23.4 Å². The van der Waals surface area contributed by atoms with E-state index in [1.165, 1.54) is 23.9 Å². The van der Waals surface area contributed by atoms with Gasteiger partial charge in [-0.05, 0) is 31.2 Å². The number of rotatable bonds is 6. The molecule has 3 rings (SSSR count). The van der Waals surface area contributed by atoms with E-state index in [0.29, 0.717) is 23.2 Å². The fourth-order valence-electron chi connectivity index (χ4n) is 2.25. The lowest BCUT2D eigenvalue weighted by Gasteiger charge is -2.10. The van der Waals surface area contributed by atoms with E-state index in [-0.39, 0.29) is 11.6 Å². The van der Waals surface area contributed by atoms with Gasteiger partial charge in [-0.15, -0.1) is 10.2 Å². The van der Waals surface area contributed by atoms with Crippen LogP contribution in [0, 0.1) is 5.82 Å². The molecule has 0 unspecified atom stereocenters. The zero-order valence-corrected chi connectivity index (χ0v) is 14.0. The van der Waals surface area contributed by atoms with Crippen molar-refractivity contribution in [2.75, 3.05) is 5.75 Å². The number of halogens is 1. The fourth-order valence-corrected chi connectivity index (χ4v) is 3.24.